The van der Waals surface area contributed by atoms with Crippen molar-refractivity contribution in [1.82, 2.24) is 10.2 Å². The van der Waals surface area contributed by atoms with E-state index >= 15 is 0 Å². The molecule has 2 amide bonds. The lowest BCUT2D eigenvalue weighted by Gasteiger charge is -2.28. The molecule has 1 rings (SSSR count). The quantitative estimate of drug-likeness (QED) is 0.658. The maximum atomic E-state index is 12.0. The fourth-order valence-corrected chi connectivity index (χ4v) is 1.78. The van der Waals surface area contributed by atoms with E-state index in [1.807, 2.05) is 13.8 Å². The molecule has 3 N–H and O–H groups in total. The molecule has 0 aromatic rings. The summed E-state index contributed by atoms with van der Waals surface area (Å²) >= 11 is 0. The highest BCUT2D eigenvalue weighted by Crippen LogP contribution is 2.10. The number of carbonyl (C=O) groups excluding carboxylic acids is 2. The van der Waals surface area contributed by atoms with Gasteiger partial charge in [0.1, 0.15) is 0 Å². The van der Waals surface area contributed by atoms with Gasteiger partial charge in [-0.25, -0.2) is 0 Å². The summed E-state index contributed by atoms with van der Waals surface area (Å²) in [5.41, 5.74) is 5.11. The first-order valence-corrected chi connectivity index (χ1v) is 5.34. The molecule has 1 saturated heterocycles. The third kappa shape index (κ3) is 3.20. The van der Waals surface area contributed by atoms with E-state index in [-0.39, 0.29) is 24.5 Å². The normalized spacial score (nSPS) is 20.6. The zero-order valence-corrected chi connectivity index (χ0v) is 9.32. The van der Waals surface area contributed by atoms with Crippen molar-refractivity contribution in [1.29, 1.82) is 0 Å². The van der Waals surface area contributed by atoms with E-state index in [4.69, 9.17) is 5.73 Å². The highest BCUT2D eigenvalue weighted by molar-refractivity contribution is 5.87. The number of carbonyl (C=O) groups is 2. The second-order valence-electron chi connectivity index (χ2n) is 4.18. The Morgan fingerprint density at radius 2 is 2.20 bits per heavy atom. The zero-order valence-electron chi connectivity index (χ0n) is 9.32. The molecule has 1 atom stereocenters. The molecule has 0 bridgehead atoms. The van der Waals surface area contributed by atoms with E-state index in [1.54, 1.807) is 0 Å². The maximum absolute atomic E-state index is 12.0. The molecule has 0 aliphatic carbocycles. The van der Waals surface area contributed by atoms with Crippen molar-refractivity contribution in [2.24, 2.45) is 5.73 Å². The molecule has 5 heteroatoms. The molecule has 0 spiro atoms. The molecule has 1 aliphatic heterocycles. The summed E-state index contributed by atoms with van der Waals surface area (Å²) in [6.45, 7) is 4.65. The van der Waals surface area contributed by atoms with Crippen molar-refractivity contribution in [2.75, 3.05) is 13.1 Å². The van der Waals surface area contributed by atoms with Crippen LogP contribution in [0.4, 0.5) is 0 Å². The Kier molecular flexibility index (Phi) is 4.08. The molecule has 1 heterocycles. The van der Waals surface area contributed by atoms with Gasteiger partial charge in [0.2, 0.25) is 11.8 Å². The number of nitrogens with one attached hydrogen (secondary N) is 1. The third-order valence-electron chi connectivity index (χ3n) is 2.59. The third-order valence-corrected chi connectivity index (χ3v) is 2.59. The summed E-state index contributed by atoms with van der Waals surface area (Å²) in [5.74, 6) is -0.476. The topological polar surface area (TPSA) is 75.4 Å². The van der Waals surface area contributed by atoms with E-state index in [0.717, 1.165) is 19.4 Å². The van der Waals surface area contributed by atoms with Crippen LogP contribution in [0.2, 0.25) is 0 Å². The molecule has 0 radical (unpaired) electrons. The number of nitrogens with zero attached hydrogens (tertiary/aromatic N) is 1. The molecule has 15 heavy (non-hydrogen) atoms. The first-order chi connectivity index (χ1) is 7.02. The zero-order chi connectivity index (χ0) is 11.4. The van der Waals surface area contributed by atoms with Gasteiger partial charge in [0.25, 0.3) is 0 Å². The van der Waals surface area contributed by atoms with Crippen LogP contribution in [-0.4, -0.2) is 41.9 Å². The van der Waals surface area contributed by atoms with E-state index in [9.17, 15) is 9.59 Å². The van der Waals surface area contributed by atoms with E-state index < -0.39 is 5.91 Å². The summed E-state index contributed by atoms with van der Waals surface area (Å²) in [6, 6.07) is -0.126. The van der Waals surface area contributed by atoms with Gasteiger partial charge in [0.05, 0.1) is 12.6 Å². The number of amides is 2. The Bertz CT molecular complexity index is 247. The number of nitrogens with two attached hydrogens (primary N) is 1. The largest absolute Gasteiger partial charge is 0.368 e. The lowest BCUT2D eigenvalue weighted by atomic mass is 10.1. The first kappa shape index (κ1) is 12.0. The van der Waals surface area contributed by atoms with Gasteiger partial charge in [-0.2, -0.15) is 0 Å². The number of rotatable bonds is 4. The van der Waals surface area contributed by atoms with Crippen LogP contribution in [0.15, 0.2) is 0 Å². The van der Waals surface area contributed by atoms with Crippen molar-refractivity contribution in [2.45, 2.75) is 38.8 Å². The molecule has 0 aromatic heterocycles. The lowest BCUT2D eigenvalue weighted by molar-refractivity contribution is -0.138. The Morgan fingerprint density at radius 3 is 2.60 bits per heavy atom. The van der Waals surface area contributed by atoms with Gasteiger partial charge in [0, 0.05) is 6.04 Å². The van der Waals surface area contributed by atoms with Crippen LogP contribution in [0.1, 0.15) is 26.7 Å². The molecule has 0 unspecified atom stereocenters. The SMILES string of the molecule is CC(C)N(CC(N)=O)C(=O)[C@@H]1CCCN1. The fraction of sp³-hybridized carbons (Fsp3) is 0.800. The summed E-state index contributed by atoms with van der Waals surface area (Å²) in [5, 5.41) is 3.12. The van der Waals surface area contributed by atoms with Gasteiger partial charge in [-0.1, -0.05) is 0 Å². The van der Waals surface area contributed by atoms with Crippen LogP contribution in [0.3, 0.4) is 0 Å². The Balaban J connectivity index is 2.61. The van der Waals surface area contributed by atoms with Gasteiger partial charge in [0.15, 0.2) is 0 Å². The summed E-state index contributed by atoms with van der Waals surface area (Å²) in [4.78, 5) is 24.4. The molecule has 1 aliphatic rings. The average Bonchev–Trinajstić information content (AvgIpc) is 2.65. The summed E-state index contributed by atoms with van der Waals surface area (Å²) in [7, 11) is 0. The van der Waals surface area contributed by atoms with Gasteiger partial charge in [-0.3, -0.25) is 9.59 Å². The number of hydrogen-bond donors (Lipinski definition) is 2. The number of primary amides is 1. The van der Waals surface area contributed by atoms with Crippen LogP contribution in [0.5, 0.6) is 0 Å². The first-order valence-electron chi connectivity index (χ1n) is 5.34. The molecular formula is C10H19N3O2. The van der Waals surface area contributed by atoms with Crippen LogP contribution in [0, 0.1) is 0 Å². The molecule has 86 valence electrons. The highest BCUT2D eigenvalue weighted by Gasteiger charge is 2.28. The summed E-state index contributed by atoms with van der Waals surface area (Å²) < 4.78 is 0. The predicted molar refractivity (Wildman–Crippen MR) is 57.1 cm³/mol. The van der Waals surface area contributed by atoms with Crippen molar-refractivity contribution in [3.05, 3.63) is 0 Å². The van der Waals surface area contributed by atoms with Gasteiger partial charge in [-0.05, 0) is 33.2 Å². The van der Waals surface area contributed by atoms with E-state index in [0.29, 0.717) is 0 Å². The molecule has 5 nitrogen and oxygen atoms in total. The smallest absolute Gasteiger partial charge is 0.240 e. The van der Waals surface area contributed by atoms with Crippen molar-refractivity contribution >= 4 is 11.8 Å². The molecule has 0 aromatic carbocycles. The highest BCUT2D eigenvalue weighted by atomic mass is 16.2. The minimum absolute atomic E-state index is 0.00685. The van der Waals surface area contributed by atoms with Crippen LogP contribution < -0.4 is 11.1 Å². The maximum Gasteiger partial charge on any atom is 0.240 e. The van der Waals surface area contributed by atoms with Crippen LogP contribution >= 0.6 is 0 Å². The second kappa shape index (κ2) is 5.11. The van der Waals surface area contributed by atoms with Crippen molar-refractivity contribution in [3.8, 4) is 0 Å². The second-order valence-corrected chi connectivity index (χ2v) is 4.18. The van der Waals surface area contributed by atoms with Crippen molar-refractivity contribution < 1.29 is 9.59 Å². The summed E-state index contributed by atoms with van der Waals surface area (Å²) in [6.07, 6.45) is 1.86. The van der Waals surface area contributed by atoms with Crippen molar-refractivity contribution in [3.63, 3.8) is 0 Å². The molecule has 1 fully saturated rings. The minimum atomic E-state index is -0.463. The Morgan fingerprint density at radius 1 is 1.53 bits per heavy atom. The standard InChI is InChI=1S/C10H19N3O2/c1-7(2)13(6-9(11)14)10(15)8-4-3-5-12-8/h7-8,12H,3-6H2,1-2H3,(H2,11,14)/t8-/m0/s1. The van der Waals surface area contributed by atoms with Gasteiger partial charge < -0.3 is 16.0 Å². The average molecular weight is 213 g/mol. The molecule has 0 saturated carbocycles. The van der Waals surface area contributed by atoms with E-state index in [2.05, 4.69) is 5.32 Å². The number of hydrogen-bond acceptors (Lipinski definition) is 3. The fourth-order valence-electron chi connectivity index (χ4n) is 1.78. The van der Waals surface area contributed by atoms with E-state index in [1.165, 1.54) is 4.90 Å². The monoisotopic (exact) mass is 213 g/mol. The Hall–Kier alpha value is -1.10. The van der Waals surface area contributed by atoms with Crippen LogP contribution in [-0.2, 0) is 9.59 Å². The van der Waals surface area contributed by atoms with Gasteiger partial charge >= 0.3 is 0 Å². The predicted octanol–water partition coefficient (Wildman–Crippen LogP) is -0.539. The molecular weight excluding hydrogens is 194 g/mol. The Labute approximate surface area is 90.0 Å². The minimum Gasteiger partial charge on any atom is -0.368 e. The van der Waals surface area contributed by atoms with Gasteiger partial charge in [-0.15, -0.1) is 0 Å². The van der Waals surface area contributed by atoms with Crippen LogP contribution in [0.25, 0.3) is 0 Å². The lowest BCUT2D eigenvalue weighted by Crippen LogP contribution is -2.49.